The zero-order valence-electron chi connectivity index (χ0n) is 12.7. The van der Waals surface area contributed by atoms with E-state index in [4.69, 9.17) is 0 Å². The Labute approximate surface area is 121 Å². The van der Waals surface area contributed by atoms with E-state index in [0.29, 0.717) is 11.5 Å². The number of rotatable bonds is 2. The Morgan fingerprint density at radius 1 is 0.700 bits per heavy atom. The second kappa shape index (κ2) is 5.46. The van der Waals surface area contributed by atoms with Crippen molar-refractivity contribution in [1.82, 2.24) is 0 Å². The van der Waals surface area contributed by atoms with Gasteiger partial charge in [0, 0.05) is 10.6 Å². The van der Waals surface area contributed by atoms with E-state index in [1.54, 1.807) is 0 Å². The first-order valence-electron chi connectivity index (χ1n) is 6.65. The Bertz CT molecular complexity index is 605. The molecule has 2 rings (SSSR count). The zero-order valence-corrected chi connectivity index (χ0v) is 13.5. The molecule has 0 saturated heterocycles. The van der Waals surface area contributed by atoms with Crippen molar-refractivity contribution in [3.05, 3.63) is 46.5 Å². The molecule has 0 bridgehead atoms. The fourth-order valence-corrected chi connectivity index (χ4v) is 4.56. The van der Waals surface area contributed by atoms with Crippen molar-refractivity contribution in [3.8, 4) is 11.5 Å². The third-order valence-corrected chi connectivity index (χ3v) is 5.70. The highest BCUT2D eigenvalue weighted by atomic mass is 31.1. The van der Waals surface area contributed by atoms with Crippen molar-refractivity contribution in [2.45, 2.75) is 27.7 Å². The Morgan fingerprint density at radius 2 is 1.05 bits per heavy atom. The highest BCUT2D eigenvalue weighted by Crippen LogP contribution is 2.38. The van der Waals surface area contributed by atoms with Crippen LogP contribution in [0.5, 0.6) is 11.5 Å². The number of hydrogen-bond donors (Lipinski definition) is 2. The monoisotopic (exact) mass is 288 g/mol. The molecule has 0 aromatic heterocycles. The molecule has 0 fully saturated rings. The van der Waals surface area contributed by atoms with Crippen LogP contribution in [0.2, 0.25) is 0 Å². The smallest absolute Gasteiger partial charge is 0.126 e. The van der Waals surface area contributed by atoms with Crippen LogP contribution in [-0.2, 0) is 0 Å². The molecular weight excluding hydrogens is 267 g/mol. The molecule has 20 heavy (non-hydrogen) atoms. The molecule has 106 valence electrons. The summed E-state index contributed by atoms with van der Waals surface area (Å²) in [6.45, 7) is 9.96. The average molecular weight is 288 g/mol. The van der Waals surface area contributed by atoms with E-state index in [0.717, 1.165) is 32.9 Å². The van der Waals surface area contributed by atoms with E-state index in [2.05, 4.69) is 6.66 Å². The Hall–Kier alpha value is -1.53. The van der Waals surface area contributed by atoms with Crippen LogP contribution < -0.4 is 10.6 Å². The molecule has 2 N–H and O–H groups in total. The minimum Gasteiger partial charge on any atom is -0.507 e. The summed E-state index contributed by atoms with van der Waals surface area (Å²) in [5.41, 5.74) is 4.04. The number of benzene rings is 2. The summed E-state index contributed by atoms with van der Waals surface area (Å²) in [6, 6.07) is 7.99. The largest absolute Gasteiger partial charge is 0.507 e. The first-order valence-corrected chi connectivity index (χ1v) is 8.44. The van der Waals surface area contributed by atoms with Gasteiger partial charge in [-0.1, -0.05) is 12.1 Å². The average Bonchev–Trinajstić information content (AvgIpc) is 2.37. The van der Waals surface area contributed by atoms with Crippen molar-refractivity contribution in [1.29, 1.82) is 0 Å². The van der Waals surface area contributed by atoms with Gasteiger partial charge in [-0.3, -0.25) is 0 Å². The summed E-state index contributed by atoms with van der Waals surface area (Å²) in [6.07, 6.45) is 0. The molecule has 0 heterocycles. The SMILES string of the molecule is Cc1cc(C)c(O)c(P(C)c2cc(C)cc(C)c2O)c1. The lowest BCUT2D eigenvalue weighted by molar-refractivity contribution is 0.474. The van der Waals surface area contributed by atoms with E-state index in [1.807, 2.05) is 52.0 Å². The molecule has 0 atom stereocenters. The quantitative estimate of drug-likeness (QED) is 0.832. The van der Waals surface area contributed by atoms with Crippen molar-refractivity contribution < 1.29 is 10.2 Å². The normalized spacial score (nSPS) is 11.1. The van der Waals surface area contributed by atoms with E-state index >= 15 is 0 Å². The minimum atomic E-state index is -0.777. The third-order valence-electron chi connectivity index (χ3n) is 3.57. The predicted octanol–water partition coefficient (Wildman–Crippen LogP) is 3.39. The van der Waals surface area contributed by atoms with Gasteiger partial charge < -0.3 is 10.2 Å². The summed E-state index contributed by atoms with van der Waals surface area (Å²) in [7, 11) is -0.777. The molecule has 0 aliphatic carbocycles. The maximum absolute atomic E-state index is 10.3. The zero-order chi connectivity index (χ0) is 15.0. The van der Waals surface area contributed by atoms with E-state index < -0.39 is 7.92 Å². The maximum atomic E-state index is 10.3. The minimum absolute atomic E-state index is 0.350. The number of aromatic hydroxyl groups is 2. The number of phenols is 2. The van der Waals surface area contributed by atoms with Crippen LogP contribution in [0.4, 0.5) is 0 Å². The van der Waals surface area contributed by atoms with Crippen LogP contribution in [-0.4, -0.2) is 16.9 Å². The van der Waals surface area contributed by atoms with Crippen LogP contribution in [0.3, 0.4) is 0 Å². The Kier molecular flexibility index (Phi) is 4.06. The second-order valence-electron chi connectivity index (χ2n) is 5.46. The number of aryl methyl sites for hydroxylation is 4. The van der Waals surface area contributed by atoms with Crippen LogP contribution in [0.1, 0.15) is 22.3 Å². The van der Waals surface area contributed by atoms with Gasteiger partial charge in [-0.05, 0) is 76.7 Å². The molecule has 0 saturated carbocycles. The topological polar surface area (TPSA) is 40.5 Å². The van der Waals surface area contributed by atoms with Crippen LogP contribution in [0, 0.1) is 27.7 Å². The second-order valence-corrected chi connectivity index (χ2v) is 7.54. The van der Waals surface area contributed by atoms with Gasteiger partial charge in [0.1, 0.15) is 11.5 Å². The van der Waals surface area contributed by atoms with Crippen molar-refractivity contribution in [3.63, 3.8) is 0 Å². The van der Waals surface area contributed by atoms with E-state index in [-0.39, 0.29) is 0 Å². The highest BCUT2D eigenvalue weighted by Gasteiger charge is 2.18. The van der Waals surface area contributed by atoms with Gasteiger partial charge in [0.25, 0.3) is 0 Å². The first-order chi connectivity index (χ1) is 9.31. The standard InChI is InChI=1S/C17H21O2P/c1-10-6-12(3)16(18)14(8-10)20(5)15-9-11(2)7-13(4)17(15)19/h6-9,18-19H,1-5H3. The molecule has 0 amide bonds. The van der Waals surface area contributed by atoms with Gasteiger partial charge in [-0.15, -0.1) is 0 Å². The molecule has 3 heteroatoms. The fraction of sp³-hybridized carbons (Fsp3) is 0.294. The summed E-state index contributed by atoms with van der Waals surface area (Å²) in [5, 5.41) is 22.5. The van der Waals surface area contributed by atoms with Gasteiger partial charge in [-0.2, -0.15) is 0 Å². The molecule has 0 radical (unpaired) electrons. The summed E-state index contributed by atoms with van der Waals surface area (Å²) >= 11 is 0. The van der Waals surface area contributed by atoms with Crippen LogP contribution in [0.25, 0.3) is 0 Å². The van der Waals surface area contributed by atoms with Gasteiger partial charge >= 0.3 is 0 Å². The molecule has 2 nitrogen and oxygen atoms in total. The molecule has 2 aromatic rings. The predicted molar refractivity (Wildman–Crippen MR) is 87.3 cm³/mol. The molecule has 0 unspecified atom stereocenters. The Morgan fingerprint density at radius 3 is 1.40 bits per heavy atom. The van der Waals surface area contributed by atoms with Crippen molar-refractivity contribution in [2.24, 2.45) is 0 Å². The summed E-state index contributed by atoms with van der Waals surface area (Å²) in [4.78, 5) is 0. The number of phenolic OH excluding ortho intramolecular Hbond substituents is 2. The third kappa shape index (κ3) is 2.66. The lowest BCUT2D eigenvalue weighted by Crippen LogP contribution is -2.14. The molecule has 0 spiro atoms. The molecule has 0 aliphatic rings. The lowest BCUT2D eigenvalue weighted by Gasteiger charge is -2.19. The van der Waals surface area contributed by atoms with Crippen molar-refractivity contribution >= 4 is 18.5 Å². The highest BCUT2D eigenvalue weighted by molar-refractivity contribution is 7.72. The van der Waals surface area contributed by atoms with Crippen LogP contribution >= 0.6 is 7.92 Å². The summed E-state index contributed by atoms with van der Waals surface area (Å²) in [5.74, 6) is 0.700. The molecule has 2 aromatic carbocycles. The number of hydrogen-bond acceptors (Lipinski definition) is 2. The van der Waals surface area contributed by atoms with E-state index in [1.165, 1.54) is 0 Å². The van der Waals surface area contributed by atoms with Crippen molar-refractivity contribution in [2.75, 3.05) is 6.66 Å². The molecule has 0 aliphatic heterocycles. The maximum Gasteiger partial charge on any atom is 0.126 e. The summed E-state index contributed by atoms with van der Waals surface area (Å²) < 4.78 is 0. The van der Waals surface area contributed by atoms with E-state index in [9.17, 15) is 10.2 Å². The lowest BCUT2D eigenvalue weighted by atomic mass is 10.1. The molecular formula is C17H21O2P. The van der Waals surface area contributed by atoms with Gasteiger partial charge in [0.15, 0.2) is 0 Å². The fourth-order valence-electron chi connectivity index (χ4n) is 2.52. The van der Waals surface area contributed by atoms with Gasteiger partial charge in [-0.25, -0.2) is 0 Å². The van der Waals surface area contributed by atoms with Gasteiger partial charge in [0.2, 0.25) is 0 Å². The first kappa shape index (κ1) is 14.9. The van der Waals surface area contributed by atoms with Gasteiger partial charge in [0.05, 0.1) is 0 Å². The van der Waals surface area contributed by atoms with Crippen LogP contribution in [0.15, 0.2) is 24.3 Å². The Balaban J connectivity index is 2.60.